The summed E-state index contributed by atoms with van der Waals surface area (Å²) in [5.74, 6) is 3.23. The number of rotatable bonds is 7. The molecule has 1 rings (SSSR count). The lowest BCUT2D eigenvalue weighted by molar-refractivity contribution is 0.384. The van der Waals surface area contributed by atoms with Gasteiger partial charge in [0.2, 0.25) is 5.89 Å². The smallest absolute Gasteiger partial charge is 0.236 e. The van der Waals surface area contributed by atoms with Crippen LogP contribution in [-0.2, 0) is 12.2 Å². The summed E-state index contributed by atoms with van der Waals surface area (Å²) in [4.78, 5) is 4.31. The third kappa shape index (κ3) is 5.18. The number of hydrogen-bond donors (Lipinski definition) is 1. The van der Waals surface area contributed by atoms with E-state index in [2.05, 4.69) is 17.1 Å². The molecule has 0 aliphatic carbocycles. The topological polar surface area (TPSA) is 64.9 Å². The van der Waals surface area contributed by atoms with Crippen LogP contribution in [0, 0.1) is 0 Å². The van der Waals surface area contributed by atoms with Crippen molar-refractivity contribution in [2.24, 2.45) is 5.73 Å². The monoisotopic (exact) mass is 229 g/mol. The van der Waals surface area contributed by atoms with E-state index in [9.17, 15) is 0 Å². The molecule has 0 spiro atoms. The molecular weight excluding hydrogens is 210 g/mol. The standard InChI is InChI=1S/C10H19N3OS/c1-3-4-5-9-12-10(14-13-9)7-15-6-8(2)11/h8H,3-7,11H2,1-2H3. The van der Waals surface area contributed by atoms with Crippen molar-refractivity contribution < 1.29 is 4.52 Å². The highest BCUT2D eigenvalue weighted by molar-refractivity contribution is 7.98. The number of unbranched alkanes of at least 4 members (excludes halogenated alkanes) is 1. The minimum Gasteiger partial charge on any atom is -0.338 e. The molecule has 1 unspecified atom stereocenters. The van der Waals surface area contributed by atoms with Crippen LogP contribution in [0.1, 0.15) is 38.4 Å². The molecule has 4 nitrogen and oxygen atoms in total. The number of hydrogen-bond acceptors (Lipinski definition) is 5. The number of nitrogens with two attached hydrogens (primary N) is 1. The molecule has 2 N–H and O–H groups in total. The summed E-state index contributed by atoms with van der Waals surface area (Å²) in [6.07, 6.45) is 3.19. The van der Waals surface area contributed by atoms with E-state index in [0.717, 1.165) is 36.6 Å². The Labute approximate surface area is 95.0 Å². The molecule has 1 aromatic rings. The molecule has 0 fully saturated rings. The third-order valence-electron chi connectivity index (χ3n) is 1.87. The third-order valence-corrected chi connectivity index (χ3v) is 3.08. The molecular formula is C10H19N3OS. The molecule has 0 aliphatic heterocycles. The molecule has 1 heterocycles. The second-order valence-corrected chi connectivity index (χ2v) is 4.73. The van der Waals surface area contributed by atoms with Gasteiger partial charge in [-0.15, -0.1) is 0 Å². The summed E-state index contributed by atoms with van der Waals surface area (Å²) in [5.41, 5.74) is 5.64. The van der Waals surface area contributed by atoms with Crippen LogP contribution >= 0.6 is 11.8 Å². The fraction of sp³-hybridized carbons (Fsp3) is 0.800. The van der Waals surface area contributed by atoms with Gasteiger partial charge in [-0.3, -0.25) is 0 Å². The number of thioether (sulfide) groups is 1. The van der Waals surface area contributed by atoms with E-state index < -0.39 is 0 Å². The van der Waals surface area contributed by atoms with Gasteiger partial charge in [-0.05, 0) is 13.3 Å². The Morgan fingerprint density at radius 3 is 3.00 bits per heavy atom. The fourth-order valence-electron chi connectivity index (χ4n) is 1.12. The lowest BCUT2D eigenvalue weighted by Crippen LogP contribution is -2.17. The van der Waals surface area contributed by atoms with Crippen LogP contribution in [0.4, 0.5) is 0 Å². The molecule has 86 valence electrons. The zero-order valence-electron chi connectivity index (χ0n) is 9.40. The molecule has 5 heteroatoms. The minimum atomic E-state index is 0.220. The van der Waals surface area contributed by atoms with Gasteiger partial charge < -0.3 is 10.3 Å². The second-order valence-electron chi connectivity index (χ2n) is 3.70. The van der Waals surface area contributed by atoms with Gasteiger partial charge in [0.15, 0.2) is 5.82 Å². The zero-order chi connectivity index (χ0) is 11.1. The van der Waals surface area contributed by atoms with Gasteiger partial charge in [0.25, 0.3) is 0 Å². The van der Waals surface area contributed by atoms with E-state index >= 15 is 0 Å². The van der Waals surface area contributed by atoms with Crippen molar-refractivity contribution in [3.8, 4) is 0 Å². The summed E-state index contributed by atoms with van der Waals surface area (Å²) in [5, 5.41) is 3.92. The lowest BCUT2D eigenvalue weighted by atomic mass is 10.2. The Bertz CT molecular complexity index is 275. The van der Waals surface area contributed by atoms with Crippen LogP contribution < -0.4 is 5.73 Å². The van der Waals surface area contributed by atoms with E-state index in [1.54, 1.807) is 11.8 Å². The highest BCUT2D eigenvalue weighted by Crippen LogP contribution is 2.11. The van der Waals surface area contributed by atoms with Gasteiger partial charge in [-0.1, -0.05) is 18.5 Å². The van der Waals surface area contributed by atoms with Crippen molar-refractivity contribution in [3.05, 3.63) is 11.7 Å². The van der Waals surface area contributed by atoms with E-state index in [4.69, 9.17) is 10.3 Å². The Balaban J connectivity index is 2.26. The Morgan fingerprint density at radius 1 is 1.53 bits per heavy atom. The predicted molar refractivity (Wildman–Crippen MR) is 62.7 cm³/mol. The molecule has 0 radical (unpaired) electrons. The van der Waals surface area contributed by atoms with Gasteiger partial charge >= 0.3 is 0 Å². The average Bonchev–Trinajstić information content (AvgIpc) is 2.62. The van der Waals surface area contributed by atoms with Crippen molar-refractivity contribution in [2.45, 2.75) is 44.9 Å². The van der Waals surface area contributed by atoms with Crippen molar-refractivity contribution in [3.63, 3.8) is 0 Å². The lowest BCUT2D eigenvalue weighted by Gasteiger charge is -2.00. The maximum atomic E-state index is 5.64. The van der Waals surface area contributed by atoms with Gasteiger partial charge in [-0.2, -0.15) is 16.7 Å². The van der Waals surface area contributed by atoms with Crippen LogP contribution in [-0.4, -0.2) is 21.9 Å². The quantitative estimate of drug-likeness (QED) is 0.774. The Kier molecular flexibility index (Phi) is 5.71. The molecule has 1 aromatic heterocycles. The summed E-state index contributed by atoms with van der Waals surface area (Å²) >= 11 is 1.73. The van der Waals surface area contributed by atoms with E-state index in [1.165, 1.54) is 0 Å². The fourth-order valence-corrected chi connectivity index (χ4v) is 1.90. The van der Waals surface area contributed by atoms with Crippen LogP contribution in [0.3, 0.4) is 0 Å². The predicted octanol–water partition coefficient (Wildman–Crippen LogP) is 1.99. The maximum Gasteiger partial charge on any atom is 0.236 e. The van der Waals surface area contributed by atoms with Crippen LogP contribution in [0.25, 0.3) is 0 Å². The molecule has 0 amide bonds. The molecule has 0 saturated heterocycles. The molecule has 0 saturated carbocycles. The first kappa shape index (κ1) is 12.5. The summed E-state index contributed by atoms with van der Waals surface area (Å²) in [6.45, 7) is 4.15. The first-order chi connectivity index (χ1) is 7.22. The number of aryl methyl sites for hydroxylation is 1. The van der Waals surface area contributed by atoms with Crippen molar-refractivity contribution in [1.82, 2.24) is 10.1 Å². The first-order valence-corrected chi connectivity index (χ1v) is 6.52. The van der Waals surface area contributed by atoms with Crippen molar-refractivity contribution >= 4 is 11.8 Å². The van der Waals surface area contributed by atoms with Gasteiger partial charge in [0.05, 0.1) is 5.75 Å². The largest absolute Gasteiger partial charge is 0.338 e. The van der Waals surface area contributed by atoms with Crippen LogP contribution in [0.2, 0.25) is 0 Å². The van der Waals surface area contributed by atoms with Crippen molar-refractivity contribution in [1.29, 1.82) is 0 Å². The minimum absolute atomic E-state index is 0.220. The summed E-state index contributed by atoms with van der Waals surface area (Å²) < 4.78 is 5.12. The normalized spacial score (nSPS) is 13.0. The van der Waals surface area contributed by atoms with E-state index in [-0.39, 0.29) is 6.04 Å². The summed E-state index contributed by atoms with van der Waals surface area (Å²) in [6, 6.07) is 0.220. The molecule has 1 atom stereocenters. The highest BCUT2D eigenvalue weighted by atomic mass is 32.2. The Hall–Kier alpha value is -0.550. The van der Waals surface area contributed by atoms with E-state index in [1.807, 2.05) is 6.92 Å². The molecule has 15 heavy (non-hydrogen) atoms. The SMILES string of the molecule is CCCCc1noc(CSCC(C)N)n1. The van der Waals surface area contributed by atoms with Gasteiger partial charge in [-0.25, -0.2) is 0 Å². The highest BCUT2D eigenvalue weighted by Gasteiger charge is 2.06. The van der Waals surface area contributed by atoms with Crippen molar-refractivity contribution in [2.75, 3.05) is 5.75 Å². The molecule has 0 aliphatic rings. The average molecular weight is 229 g/mol. The first-order valence-electron chi connectivity index (χ1n) is 5.37. The van der Waals surface area contributed by atoms with Crippen LogP contribution in [0.5, 0.6) is 0 Å². The zero-order valence-corrected chi connectivity index (χ0v) is 10.2. The van der Waals surface area contributed by atoms with Crippen LogP contribution in [0.15, 0.2) is 4.52 Å². The second kappa shape index (κ2) is 6.85. The maximum absolute atomic E-state index is 5.64. The number of aromatic nitrogens is 2. The van der Waals surface area contributed by atoms with Gasteiger partial charge in [0.1, 0.15) is 0 Å². The summed E-state index contributed by atoms with van der Waals surface area (Å²) in [7, 11) is 0. The van der Waals surface area contributed by atoms with E-state index in [0.29, 0.717) is 5.89 Å². The molecule has 0 bridgehead atoms. The number of nitrogens with zero attached hydrogens (tertiary/aromatic N) is 2. The Morgan fingerprint density at radius 2 is 2.33 bits per heavy atom. The van der Waals surface area contributed by atoms with Gasteiger partial charge in [0, 0.05) is 18.2 Å². The molecule has 0 aromatic carbocycles.